The second kappa shape index (κ2) is 12.5. The van der Waals surface area contributed by atoms with E-state index in [1.54, 1.807) is 19.1 Å². The average Bonchev–Trinajstić information content (AvgIpc) is 3.43. The Morgan fingerprint density at radius 1 is 0.776 bits per heavy atom. The van der Waals surface area contributed by atoms with E-state index in [1.807, 2.05) is 0 Å². The van der Waals surface area contributed by atoms with Crippen molar-refractivity contribution in [1.82, 2.24) is 10.0 Å². The Labute approximate surface area is 319 Å². The van der Waals surface area contributed by atoms with Crippen LogP contribution in [0.3, 0.4) is 0 Å². The predicted molar refractivity (Wildman–Crippen MR) is 186 cm³/mol. The van der Waals surface area contributed by atoms with E-state index in [-0.39, 0.29) is 41.9 Å². The molecular formula is C31H18Cl8N2O7S. The number of hydrogen-bond acceptors (Lipinski definition) is 7. The lowest BCUT2D eigenvalue weighted by atomic mass is 9.84. The smallest absolute Gasteiger partial charge is 0.339 e. The van der Waals surface area contributed by atoms with Crippen LogP contribution in [0.15, 0.2) is 81.7 Å². The van der Waals surface area contributed by atoms with E-state index in [9.17, 15) is 27.6 Å². The minimum Gasteiger partial charge on any atom is -0.379 e. The van der Waals surface area contributed by atoms with Crippen molar-refractivity contribution >= 4 is 126 Å². The van der Waals surface area contributed by atoms with Gasteiger partial charge in [-0.1, -0.05) is 87.3 Å². The second-order valence-corrected chi connectivity index (χ2v) is 17.0. The highest BCUT2D eigenvalue weighted by Gasteiger charge is 2.88. The van der Waals surface area contributed by atoms with Crippen LogP contribution in [-0.4, -0.2) is 62.6 Å². The lowest BCUT2D eigenvalue weighted by Gasteiger charge is -2.36. The number of nitrogens with zero attached hydrogens (tertiary/aromatic N) is 2. The van der Waals surface area contributed by atoms with Crippen LogP contribution in [0.5, 0.6) is 5.75 Å². The van der Waals surface area contributed by atoms with Crippen molar-refractivity contribution in [2.45, 2.75) is 25.9 Å². The van der Waals surface area contributed by atoms with Crippen LogP contribution in [0.25, 0.3) is 0 Å². The first-order valence-electron chi connectivity index (χ1n) is 13.9. The number of halogens is 8. The summed E-state index contributed by atoms with van der Waals surface area (Å²) in [5.41, 5.74) is 0.663. The van der Waals surface area contributed by atoms with Gasteiger partial charge in [0.05, 0.1) is 31.9 Å². The fourth-order valence-electron chi connectivity index (χ4n) is 6.03. The molecule has 3 aromatic rings. The van der Waals surface area contributed by atoms with Gasteiger partial charge in [-0.3, -0.25) is 19.2 Å². The fraction of sp³-hybridized carbons (Fsp3) is 0.226. The molecule has 1 aliphatic heterocycles. The van der Waals surface area contributed by atoms with Crippen molar-refractivity contribution in [2.24, 2.45) is 11.8 Å². The Balaban J connectivity index is 1.33. The maximum Gasteiger partial charge on any atom is 0.339 e. The van der Waals surface area contributed by atoms with E-state index in [1.165, 1.54) is 54.6 Å². The van der Waals surface area contributed by atoms with Crippen molar-refractivity contribution in [2.75, 3.05) is 6.54 Å². The highest BCUT2D eigenvalue weighted by molar-refractivity contribution is 7.87. The first-order valence-corrected chi connectivity index (χ1v) is 18.3. The third kappa shape index (κ3) is 5.37. The molecule has 2 fully saturated rings. The van der Waals surface area contributed by atoms with Gasteiger partial charge in [-0.05, 0) is 61.5 Å². The predicted octanol–water partition coefficient (Wildman–Crippen LogP) is 7.76. The van der Waals surface area contributed by atoms with Crippen LogP contribution in [0, 0.1) is 18.8 Å². The molecule has 1 saturated carbocycles. The Morgan fingerprint density at radius 2 is 1.29 bits per heavy atom. The summed E-state index contributed by atoms with van der Waals surface area (Å²) in [7, 11) is -4.19. The van der Waals surface area contributed by atoms with Crippen molar-refractivity contribution in [3.05, 3.63) is 104 Å². The first-order chi connectivity index (χ1) is 22.8. The lowest BCUT2D eigenvalue weighted by Crippen LogP contribution is -2.56. The molecule has 6 rings (SSSR count). The molecule has 0 aromatic heterocycles. The van der Waals surface area contributed by atoms with Gasteiger partial charge >= 0.3 is 10.1 Å². The number of alkyl halides is 4. The minimum absolute atomic E-state index is 0.0276. The van der Waals surface area contributed by atoms with Gasteiger partial charge in [0.1, 0.15) is 26.9 Å². The Kier molecular flexibility index (Phi) is 9.29. The lowest BCUT2D eigenvalue weighted by molar-refractivity contribution is -0.154. The van der Waals surface area contributed by atoms with Crippen LogP contribution in [0.4, 0.5) is 0 Å². The maximum absolute atomic E-state index is 14.1. The zero-order valence-electron chi connectivity index (χ0n) is 24.4. The molecule has 1 saturated heterocycles. The summed E-state index contributed by atoms with van der Waals surface area (Å²) in [6.45, 7) is 0.913. The molecule has 0 unspecified atom stereocenters. The molecule has 3 aromatic carbocycles. The van der Waals surface area contributed by atoms with Gasteiger partial charge in [-0.2, -0.15) is 13.4 Å². The van der Waals surface area contributed by atoms with Crippen LogP contribution < -0.4 is 4.18 Å². The van der Waals surface area contributed by atoms with E-state index >= 15 is 0 Å². The van der Waals surface area contributed by atoms with Crippen molar-refractivity contribution in [3.63, 3.8) is 0 Å². The molecule has 0 radical (unpaired) electrons. The molecule has 1 heterocycles. The molecule has 9 nitrogen and oxygen atoms in total. The number of rotatable bonds is 8. The number of allylic oxidation sites excluding steroid dienone is 2. The monoisotopic (exact) mass is 842 g/mol. The molecule has 0 N–H and O–H groups in total. The zero-order valence-corrected chi connectivity index (χ0v) is 31.3. The van der Waals surface area contributed by atoms with E-state index < -0.39 is 66.1 Å². The number of carbonyl (C=O) groups is 4. The number of amides is 3. The molecule has 2 bridgehead atoms. The SMILES string of the molecule is Cc1ccc(S(=O)(=O)Oc2ccc(C(=O)CN(C(=O)c3ccc(Cl)c(Cl)c3)N3C(=O)[C@@H]4[C@@H](C3=O)[C@@]3(Cl)C(Cl)=C(Cl)[C@@]4(Cl)C3(Cl)Cl)cc2)cc1. The van der Waals surface area contributed by atoms with Crippen LogP contribution in [0.2, 0.25) is 10.0 Å². The van der Waals surface area contributed by atoms with E-state index in [0.29, 0.717) is 10.0 Å². The maximum atomic E-state index is 14.1. The molecule has 2 aliphatic carbocycles. The summed E-state index contributed by atoms with van der Waals surface area (Å²) in [5, 5.41) is 0.440. The number of hydrogen-bond donors (Lipinski definition) is 0. The largest absolute Gasteiger partial charge is 0.379 e. The van der Waals surface area contributed by atoms with Crippen molar-refractivity contribution in [1.29, 1.82) is 0 Å². The Bertz CT molecular complexity index is 2060. The fourth-order valence-corrected chi connectivity index (χ4v) is 10.2. The number of hydrazine groups is 1. The van der Waals surface area contributed by atoms with Gasteiger partial charge in [-0.25, -0.2) is 5.01 Å². The molecule has 3 amide bonds. The summed E-state index contributed by atoms with van der Waals surface area (Å²) in [4.78, 5) is 51.4. The molecule has 256 valence electrons. The first kappa shape index (κ1) is 36.5. The topological polar surface area (TPSA) is 118 Å². The van der Waals surface area contributed by atoms with Gasteiger partial charge in [0, 0.05) is 11.1 Å². The zero-order chi connectivity index (χ0) is 36.0. The molecule has 0 spiro atoms. The van der Waals surface area contributed by atoms with E-state index in [2.05, 4.69) is 0 Å². The summed E-state index contributed by atoms with van der Waals surface area (Å²) < 4.78 is 28.4. The quantitative estimate of drug-likeness (QED) is 0.0985. The number of aryl methyl sites for hydroxylation is 1. The van der Waals surface area contributed by atoms with Gasteiger partial charge in [0.15, 0.2) is 10.1 Å². The molecule has 49 heavy (non-hydrogen) atoms. The van der Waals surface area contributed by atoms with E-state index in [0.717, 1.165) is 5.56 Å². The summed E-state index contributed by atoms with van der Waals surface area (Å²) in [5.74, 6) is -7.23. The number of carbonyl (C=O) groups excluding carboxylic acids is 4. The van der Waals surface area contributed by atoms with Crippen LogP contribution >= 0.6 is 92.8 Å². The van der Waals surface area contributed by atoms with Crippen molar-refractivity contribution < 1.29 is 31.8 Å². The van der Waals surface area contributed by atoms with Gasteiger partial charge in [0.25, 0.3) is 17.7 Å². The number of ketones is 1. The van der Waals surface area contributed by atoms with Gasteiger partial charge in [-0.15, -0.1) is 23.2 Å². The number of benzene rings is 3. The minimum atomic E-state index is -4.19. The van der Waals surface area contributed by atoms with Gasteiger partial charge < -0.3 is 4.18 Å². The third-order valence-corrected chi connectivity index (χ3v) is 14.8. The highest BCUT2D eigenvalue weighted by Crippen LogP contribution is 2.77. The summed E-state index contributed by atoms with van der Waals surface area (Å²) in [6.07, 6.45) is 0. The van der Waals surface area contributed by atoms with Crippen LogP contribution in [-0.2, 0) is 19.7 Å². The highest BCUT2D eigenvalue weighted by atomic mass is 35.5. The summed E-state index contributed by atoms with van der Waals surface area (Å²) in [6, 6.07) is 14.7. The molecule has 4 atom stereocenters. The standard InChI is InChI=1S/C31H18Cl8N2O7S/c1-14-2-9-18(10-3-14)49(46,47)48-17-7-4-15(5-8-17)21(42)13-40(26(43)16-6-11-19(32)20(33)12-16)41-27(44)22-23(28(41)45)30(37)25(35)24(34)29(22,36)31(30,38)39/h2-12,22-23H,13H2,1H3/t22-,23-,29+,30+/m0/s1. The van der Waals surface area contributed by atoms with Gasteiger partial charge in [0.2, 0.25) is 0 Å². The number of imide groups is 1. The molecular weight excluding hydrogens is 828 g/mol. The van der Waals surface area contributed by atoms with Crippen molar-refractivity contribution in [3.8, 4) is 5.75 Å². The van der Waals surface area contributed by atoms with Crippen LogP contribution in [0.1, 0.15) is 26.3 Å². The summed E-state index contributed by atoms with van der Waals surface area (Å²) >= 11 is 51.7. The second-order valence-electron chi connectivity index (χ2n) is 11.4. The number of fused-ring (bicyclic) bond motifs is 5. The normalized spacial score (nSPS) is 25.5. The number of Topliss-reactive ketones (excluding diaryl/α,β-unsaturated/α-hetero) is 1. The third-order valence-electron chi connectivity index (χ3n) is 8.51. The van der Waals surface area contributed by atoms with E-state index in [4.69, 9.17) is 97.0 Å². The average molecular weight is 846 g/mol. The molecule has 18 heteroatoms. The molecule has 3 aliphatic rings. The Hall–Kier alpha value is -2.25. The Morgan fingerprint density at radius 3 is 1.80 bits per heavy atom.